The first-order valence-corrected chi connectivity index (χ1v) is 7.86. The second-order valence-electron chi connectivity index (χ2n) is 4.31. The van der Waals surface area contributed by atoms with E-state index in [1.165, 1.54) is 26.5 Å². The van der Waals surface area contributed by atoms with Crippen molar-refractivity contribution in [3.05, 3.63) is 30.5 Å². The van der Waals surface area contributed by atoms with E-state index in [0.717, 1.165) is 0 Å². The van der Waals surface area contributed by atoms with Gasteiger partial charge in [-0.15, -0.1) is 0 Å². The Morgan fingerprint density at radius 1 is 1.24 bits per heavy atom. The van der Waals surface area contributed by atoms with Crippen LogP contribution in [0.5, 0.6) is 5.75 Å². The lowest BCUT2D eigenvalue weighted by Gasteiger charge is -2.09. The molecule has 1 aromatic carbocycles. The molecule has 7 heteroatoms. The van der Waals surface area contributed by atoms with Crippen LogP contribution >= 0.6 is 0 Å². The molecule has 0 aliphatic heterocycles. The maximum absolute atomic E-state index is 12.4. The highest BCUT2D eigenvalue weighted by molar-refractivity contribution is 7.91. The number of esters is 1. The molecule has 0 N–H and O–H groups in total. The molecule has 0 aliphatic rings. The summed E-state index contributed by atoms with van der Waals surface area (Å²) in [5, 5.41) is 0.474. The number of nitrogens with zero attached hydrogens (tertiary/aromatic N) is 1. The fourth-order valence-corrected chi connectivity index (χ4v) is 3.41. The van der Waals surface area contributed by atoms with Gasteiger partial charge in [-0.3, -0.25) is 9.78 Å². The summed E-state index contributed by atoms with van der Waals surface area (Å²) in [7, 11) is -0.895. The molecule has 0 saturated heterocycles. The van der Waals surface area contributed by atoms with Crippen molar-refractivity contribution in [2.75, 3.05) is 20.0 Å². The number of rotatable bonds is 5. The number of hydrogen-bond donors (Lipinski definition) is 0. The van der Waals surface area contributed by atoms with E-state index in [1.807, 2.05) is 0 Å². The first-order chi connectivity index (χ1) is 9.99. The van der Waals surface area contributed by atoms with E-state index in [4.69, 9.17) is 4.74 Å². The summed E-state index contributed by atoms with van der Waals surface area (Å²) >= 11 is 0. The van der Waals surface area contributed by atoms with Gasteiger partial charge in [0.15, 0.2) is 9.84 Å². The van der Waals surface area contributed by atoms with Gasteiger partial charge in [0.25, 0.3) is 0 Å². The van der Waals surface area contributed by atoms with Gasteiger partial charge in [0.2, 0.25) is 0 Å². The molecule has 1 heterocycles. The zero-order valence-electron chi connectivity index (χ0n) is 11.7. The molecule has 6 nitrogen and oxygen atoms in total. The summed E-state index contributed by atoms with van der Waals surface area (Å²) in [5.41, 5.74) is 0.471. The minimum atomic E-state index is -3.61. The van der Waals surface area contributed by atoms with Gasteiger partial charge in [0.1, 0.15) is 11.3 Å². The van der Waals surface area contributed by atoms with Crippen LogP contribution in [-0.2, 0) is 19.4 Å². The Hall–Kier alpha value is -2.15. The molecule has 0 fully saturated rings. The molecule has 0 amide bonds. The Balaban J connectivity index is 2.49. The minimum Gasteiger partial charge on any atom is -0.494 e. The van der Waals surface area contributed by atoms with Gasteiger partial charge in [0, 0.05) is 11.6 Å². The lowest BCUT2D eigenvalue weighted by molar-refractivity contribution is -0.140. The van der Waals surface area contributed by atoms with E-state index in [0.29, 0.717) is 16.7 Å². The predicted octanol–water partition coefficient (Wildman–Crippen LogP) is 1.58. The van der Waals surface area contributed by atoms with Crippen LogP contribution in [0.1, 0.15) is 6.42 Å². The molecule has 2 aromatic rings. The van der Waals surface area contributed by atoms with E-state index in [1.54, 1.807) is 18.2 Å². The zero-order valence-corrected chi connectivity index (χ0v) is 12.5. The minimum absolute atomic E-state index is 0.135. The predicted molar refractivity (Wildman–Crippen MR) is 77.0 cm³/mol. The van der Waals surface area contributed by atoms with Gasteiger partial charge in [-0.05, 0) is 12.1 Å². The van der Waals surface area contributed by atoms with E-state index < -0.39 is 15.8 Å². The highest BCUT2D eigenvalue weighted by atomic mass is 32.2. The Morgan fingerprint density at radius 2 is 2.00 bits per heavy atom. The molecule has 1 aromatic heterocycles. The summed E-state index contributed by atoms with van der Waals surface area (Å²) in [4.78, 5) is 15.4. The molecule has 0 atom stereocenters. The number of sulfone groups is 1. The van der Waals surface area contributed by atoms with Crippen LogP contribution in [0, 0.1) is 0 Å². The quantitative estimate of drug-likeness (QED) is 0.780. The SMILES string of the molecule is COC(=O)CCS(=O)(=O)c1ccnc2c(OC)cccc12. The highest BCUT2D eigenvalue weighted by Crippen LogP contribution is 2.28. The Bertz CT molecular complexity index is 770. The lowest BCUT2D eigenvalue weighted by Crippen LogP contribution is -2.13. The van der Waals surface area contributed by atoms with Gasteiger partial charge < -0.3 is 9.47 Å². The number of methoxy groups -OCH3 is 2. The van der Waals surface area contributed by atoms with Crippen molar-refractivity contribution in [2.45, 2.75) is 11.3 Å². The van der Waals surface area contributed by atoms with Crippen LogP contribution in [0.4, 0.5) is 0 Å². The van der Waals surface area contributed by atoms with Crippen LogP contribution in [0.25, 0.3) is 10.9 Å². The Labute approximate surface area is 122 Å². The van der Waals surface area contributed by atoms with Crippen molar-refractivity contribution in [3.63, 3.8) is 0 Å². The van der Waals surface area contributed by atoms with Crippen LogP contribution in [-0.4, -0.2) is 39.3 Å². The first kappa shape index (κ1) is 15.2. The fourth-order valence-electron chi connectivity index (χ4n) is 1.99. The average molecular weight is 309 g/mol. The monoisotopic (exact) mass is 309 g/mol. The number of carbonyl (C=O) groups is 1. The first-order valence-electron chi connectivity index (χ1n) is 6.21. The largest absolute Gasteiger partial charge is 0.494 e. The topological polar surface area (TPSA) is 82.6 Å². The second-order valence-corrected chi connectivity index (χ2v) is 6.39. The average Bonchev–Trinajstić information content (AvgIpc) is 2.51. The smallest absolute Gasteiger partial charge is 0.306 e. The number of ether oxygens (including phenoxy) is 2. The molecule has 0 unspecified atom stereocenters. The number of hydrogen-bond acceptors (Lipinski definition) is 6. The van der Waals surface area contributed by atoms with Gasteiger partial charge in [-0.2, -0.15) is 0 Å². The van der Waals surface area contributed by atoms with Crippen molar-refractivity contribution in [3.8, 4) is 5.75 Å². The standard InChI is InChI=1S/C14H15NO5S/c1-19-11-5-3-4-10-12(6-8-15-14(10)11)21(17,18)9-7-13(16)20-2/h3-6,8H,7,9H2,1-2H3. The van der Waals surface area contributed by atoms with Crippen LogP contribution in [0.15, 0.2) is 35.4 Å². The number of carbonyl (C=O) groups excluding carboxylic acids is 1. The molecule has 2 rings (SSSR count). The van der Waals surface area contributed by atoms with Gasteiger partial charge in [0.05, 0.1) is 31.3 Å². The number of fused-ring (bicyclic) bond motifs is 1. The highest BCUT2D eigenvalue weighted by Gasteiger charge is 2.20. The Morgan fingerprint density at radius 3 is 2.67 bits per heavy atom. The number of aromatic nitrogens is 1. The third kappa shape index (κ3) is 3.13. The number of benzene rings is 1. The maximum atomic E-state index is 12.4. The molecule has 0 saturated carbocycles. The molecule has 0 aliphatic carbocycles. The van der Waals surface area contributed by atoms with Crippen LogP contribution < -0.4 is 4.74 Å². The van der Waals surface area contributed by atoms with Crippen LogP contribution in [0.2, 0.25) is 0 Å². The summed E-state index contributed by atoms with van der Waals surface area (Å²) in [6.07, 6.45) is 1.22. The van der Waals surface area contributed by atoms with Crippen molar-refractivity contribution in [1.29, 1.82) is 0 Å². The summed E-state index contributed by atoms with van der Waals surface area (Å²) in [5.74, 6) is -0.372. The van der Waals surface area contributed by atoms with Gasteiger partial charge >= 0.3 is 5.97 Å². The summed E-state index contributed by atoms with van der Waals surface area (Å²) in [6.45, 7) is 0. The third-order valence-electron chi connectivity index (χ3n) is 3.05. The number of para-hydroxylation sites is 1. The van der Waals surface area contributed by atoms with E-state index >= 15 is 0 Å². The normalized spacial score (nSPS) is 11.3. The fraction of sp³-hybridized carbons (Fsp3) is 0.286. The molecular weight excluding hydrogens is 294 g/mol. The lowest BCUT2D eigenvalue weighted by atomic mass is 10.2. The molecular formula is C14H15NO5S. The maximum Gasteiger partial charge on any atom is 0.306 e. The van der Waals surface area contributed by atoms with E-state index in [-0.39, 0.29) is 17.1 Å². The van der Waals surface area contributed by atoms with Crippen molar-refractivity contribution < 1.29 is 22.7 Å². The van der Waals surface area contributed by atoms with Crippen molar-refractivity contribution in [1.82, 2.24) is 4.98 Å². The van der Waals surface area contributed by atoms with Crippen LogP contribution in [0.3, 0.4) is 0 Å². The molecule has 112 valence electrons. The van der Waals surface area contributed by atoms with E-state index in [9.17, 15) is 13.2 Å². The summed E-state index contributed by atoms with van der Waals surface area (Å²) in [6, 6.07) is 6.49. The molecule has 0 spiro atoms. The molecule has 0 radical (unpaired) electrons. The van der Waals surface area contributed by atoms with Crippen molar-refractivity contribution in [2.24, 2.45) is 0 Å². The third-order valence-corrected chi connectivity index (χ3v) is 4.82. The van der Waals surface area contributed by atoms with Gasteiger partial charge in [-0.25, -0.2) is 8.42 Å². The summed E-state index contributed by atoms with van der Waals surface area (Å²) < 4.78 is 34.4. The molecule has 21 heavy (non-hydrogen) atoms. The number of pyridine rings is 1. The molecule has 0 bridgehead atoms. The van der Waals surface area contributed by atoms with Gasteiger partial charge in [-0.1, -0.05) is 12.1 Å². The zero-order chi connectivity index (χ0) is 15.5. The van der Waals surface area contributed by atoms with E-state index in [2.05, 4.69) is 9.72 Å². The Kier molecular flexibility index (Phi) is 4.42. The van der Waals surface area contributed by atoms with Crippen molar-refractivity contribution >= 4 is 26.7 Å². The second kappa shape index (κ2) is 6.09.